The van der Waals surface area contributed by atoms with Gasteiger partial charge in [0.25, 0.3) is 5.91 Å². The minimum Gasteiger partial charge on any atom is -0.481 e. The molecule has 8 heteroatoms. The average Bonchev–Trinajstić information content (AvgIpc) is 2.55. The molecule has 0 aromatic heterocycles. The molecule has 0 bridgehead atoms. The quantitative estimate of drug-likeness (QED) is 0.833. The summed E-state index contributed by atoms with van der Waals surface area (Å²) in [6.07, 6.45) is 0. The Morgan fingerprint density at radius 2 is 1.92 bits per heavy atom. The third-order valence-electron chi connectivity index (χ3n) is 3.23. The number of ether oxygens (including phenoxy) is 1. The van der Waals surface area contributed by atoms with Crippen LogP contribution in [0.3, 0.4) is 0 Å². The number of halogens is 1. The van der Waals surface area contributed by atoms with E-state index in [0.29, 0.717) is 11.3 Å². The monoisotopic (exact) mass is 352 g/mol. The van der Waals surface area contributed by atoms with Gasteiger partial charge in [-0.15, -0.1) is 0 Å². The van der Waals surface area contributed by atoms with E-state index in [1.54, 1.807) is 25.1 Å². The van der Waals surface area contributed by atoms with Crippen LogP contribution in [0.2, 0.25) is 0 Å². The maximum absolute atomic E-state index is 13.4. The number of carbonyl (C=O) groups excluding carboxylic acids is 1. The third kappa shape index (κ3) is 4.30. The number of hydrogen-bond donors (Lipinski definition) is 2. The van der Waals surface area contributed by atoms with Gasteiger partial charge in [-0.25, -0.2) is 17.5 Å². The summed E-state index contributed by atoms with van der Waals surface area (Å²) < 4.78 is 44.6. The SMILES string of the molecule is CNS(=O)(=O)c1cc(NC(=O)COc2ccccc2F)ccc1C. The predicted octanol–water partition coefficient (Wildman–Crippen LogP) is 2.06. The lowest BCUT2D eigenvalue weighted by Gasteiger charge is -2.11. The molecule has 2 rings (SSSR count). The molecule has 0 spiro atoms. The second kappa shape index (κ2) is 7.41. The van der Waals surface area contributed by atoms with Gasteiger partial charge < -0.3 is 10.1 Å². The van der Waals surface area contributed by atoms with Crippen LogP contribution < -0.4 is 14.8 Å². The van der Waals surface area contributed by atoms with Crippen molar-refractivity contribution in [2.75, 3.05) is 19.0 Å². The lowest BCUT2D eigenvalue weighted by Crippen LogP contribution is -2.22. The van der Waals surface area contributed by atoms with Crippen LogP contribution in [0.25, 0.3) is 0 Å². The number of anilines is 1. The lowest BCUT2D eigenvalue weighted by atomic mass is 10.2. The number of rotatable bonds is 6. The molecular weight excluding hydrogens is 335 g/mol. The fourth-order valence-corrected chi connectivity index (χ4v) is 2.97. The first-order chi connectivity index (χ1) is 11.3. The van der Waals surface area contributed by atoms with Crippen molar-refractivity contribution in [3.63, 3.8) is 0 Å². The van der Waals surface area contributed by atoms with E-state index < -0.39 is 28.4 Å². The van der Waals surface area contributed by atoms with Gasteiger partial charge in [-0.2, -0.15) is 0 Å². The van der Waals surface area contributed by atoms with Gasteiger partial charge in [0.15, 0.2) is 18.2 Å². The summed E-state index contributed by atoms with van der Waals surface area (Å²) in [4.78, 5) is 12.0. The van der Waals surface area contributed by atoms with Crippen molar-refractivity contribution < 1.29 is 22.3 Å². The Hall–Kier alpha value is -2.45. The van der Waals surface area contributed by atoms with Crippen LogP contribution in [0.4, 0.5) is 10.1 Å². The van der Waals surface area contributed by atoms with E-state index in [4.69, 9.17) is 4.74 Å². The topological polar surface area (TPSA) is 84.5 Å². The van der Waals surface area contributed by atoms with Crippen molar-refractivity contribution in [2.24, 2.45) is 0 Å². The highest BCUT2D eigenvalue weighted by Gasteiger charge is 2.16. The second-order valence-electron chi connectivity index (χ2n) is 4.96. The highest BCUT2D eigenvalue weighted by molar-refractivity contribution is 7.89. The van der Waals surface area contributed by atoms with E-state index in [9.17, 15) is 17.6 Å². The number of amides is 1. The van der Waals surface area contributed by atoms with E-state index in [-0.39, 0.29) is 10.6 Å². The van der Waals surface area contributed by atoms with E-state index in [1.165, 1.54) is 31.3 Å². The number of aryl methyl sites for hydroxylation is 1. The van der Waals surface area contributed by atoms with Crippen molar-refractivity contribution in [2.45, 2.75) is 11.8 Å². The van der Waals surface area contributed by atoms with Crippen molar-refractivity contribution in [1.29, 1.82) is 0 Å². The molecule has 0 aliphatic heterocycles. The molecule has 0 fully saturated rings. The lowest BCUT2D eigenvalue weighted by molar-refractivity contribution is -0.118. The van der Waals surface area contributed by atoms with Gasteiger partial charge in [-0.3, -0.25) is 4.79 Å². The zero-order valence-corrected chi connectivity index (χ0v) is 14.0. The van der Waals surface area contributed by atoms with Crippen LogP contribution in [-0.4, -0.2) is 28.0 Å². The molecule has 0 saturated heterocycles. The first-order valence-electron chi connectivity index (χ1n) is 7.05. The minimum absolute atomic E-state index is 0.0324. The first-order valence-corrected chi connectivity index (χ1v) is 8.53. The van der Waals surface area contributed by atoms with E-state index in [0.717, 1.165) is 0 Å². The highest BCUT2D eigenvalue weighted by Crippen LogP contribution is 2.20. The zero-order chi connectivity index (χ0) is 17.7. The molecule has 0 aliphatic rings. The Labute approximate surface area is 139 Å². The molecule has 6 nitrogen and oxygen atoms in total. The number of hydrogen-bond acceptors (Lipinski definition) is 4. The molecular formula is C16H17FN2O4S. The second-order valence-corrected chi connectivity index (χ2v) is 6.81. The van der Waals surface area contributed by atoms with Gasteiger partial charge >= 0.3 is 0 Å². The van der Waals surface area contributed by atoms with Crippen LogP contribution in [0.15, 0.2) is 47.4 Å². The third-order valence-corrected chi connectivity index (χ3v) is 4.78. The molecule has 2 aromatic rings. The van der Waals surface area contributed by atoms with Crippen molar-refractivity contribution >= 4 is 21.6 Å². The van der Waals surface area contributed by atoms with Gasteiger partial charge in [0.05, 0.1) is 4.90 Å². The summed E-state index contributed by atoms with van der Waals surface area (Å²) in [6, 6.07) is 10.2. The van der Waals surface area contributed by atoms with Gasteiger partial charge in [0.1, 0.15) is 0 Å². The number of para-hydroxylation sites is 1. The van der Waals surface area contributed by atoms with Gasteiger partial charge in [0, 0.05) is 5.69 Å². The van der Waals surface area contributed by atoms with Crippen molar-refractivity contribution in [3.05, 3.63) is 53.8 Å². The normalized spacial score (nSPS) is 11.1. The Morgan fingerprint density at radius 3 is 2.58 bits per heavy atom. The number of nitrogens with one attached hydrogen (secondary N) is 2. The number of carbonyl (C=O) groups is 1. The molecule has 1 amide bonds. The van der Waals surface area contributed by atoms with Gasteiger partial charge in [-0.1, -0.05) is 18.2 Å². The molecule has 0 atom stereocenters. The van der Waals surface area contributed by atoms with Crippen molar-refractivity contribution in [3.8, 4) is 5.75 Å². The molecule has 2 aromatic carbocycles. The molecule has 0 radical (unpaired) electrons. The van der Waals surface area contributed by atoms with Crippen LogP contribution in [-0.2, 0) is 14.8 Å². The summed E-state index contributed by atoms with van der Waals surface area (Å²) in [5.74, 6) is -1.13. The number of sulfonamides is 1. The van der Waals surface area contributed by atoms with E-state index in [1.807, 2.05) is 0 Å². The van der Waals surface area contributed by atoms with Gasteiger partial charge in [-0.05, 0) is 43.8 Å². The smallest absolute Gasteiger partial charge is 0.262 e. The standard InChI is InChI=1S/C16H17FN2O4S/c1-11-7-8-12(9-15(11)24(21,22)18-2)19-16(20)10-23-14-6-4-3-5-13(14)17/h3-9,18H,10H2,1-2H3,(H,19,20). The van der Waals surface area contributed by atoms with E-state index in [2.05, 4.69) is 10.0 Å². The molecule has 128 valence electrons. The fraction of sp³-hybridized carbons (Fsp3) is 0.188. The summed E-state index contributed by atoms with van der Waals surface area (Å²) in [7, 11) is -2.32. The average molecular weight is 352 g/mol. The summed E-state index contributed by atoms with van der Waals surface area (Å²) >= 11 is 0. The Balaban J connectivity index is 2.07. The van der Waals surface area contributed by atoms with Crippen LogP contribution in [0, 0.1) is 12.7 Å². The molecule has 24 heavy (non-hydrogen) atoms. The van der Waals surface area contributed by atoms with E-state index >= 15 is 0 Å². The molecule has 0 aliphatic carbocycles. The Morgan fingerprint density at radius 1 is 1.21 bits per heavy atom. The fourth-order valence-electron chi connectivity index (χ4n) is 1.98. The highest BCUT2D eigenvalue weighted by atomic mass is 32.2. The Bertz CT molecular complexity index is 853. The van der Waals surface area contributed by atoms with Crippen molar-refractivity contribution in [1.82, 2.24) is 4.72 Å². The summed E-state index contributed by atoms with van der Waals surface area (Å²) in [5.41, 5.74) is 0.849. The number of benzene rings is 2. The Kier molecular flexibility index (Phi) is 5.53. The zero-order valence-electron chi connectivity index (χ0n) is 13.2. The maximum atomic E-state index is 13.4. The minimum atomic E-state index is -3.63. The molecule has 2 N–H and O–H groups in total. The summed E-state index contributed by atoms with van der Waals surface area (Å²) in [6.45, 7) is 1.25. The molecule has 0 saturated carbocycles. The maximum Gasteiger partial charge on any atom is 0.262 e. The molecule has 0 unspecified atom stereocenters. The van der Waals surface area contributed by atoms with Gasteiger partial charge in [0.2, 0.25) is 10.0 Å². The largest absolute Gasteiger partial charge is 0.481 e. The van der Waals surface area contributed by atoms with Crippen LogP contribution in [0.5, 0.6) is 5.75 Å². The predicted molar refractivity (Wildman–Crippen MR) is 87.9 cm³/mol. The summed E-state index contributed by atoms with van der Waals surface area (Å²) in [5, 5.41) is 2.52. The van der Waals surface area contributed by atoms with Crippen LogP contribution >= 0.6 is 0 Å². The van der Waals surface area contributed by atoms with Crippen LogP contribution in [0.1, 0.15) is 5.56 Å². The first kappa shape index (κ1) is 17.9. The molecule has 0 heterocycles.